The molecule has 0 radical (unpaired) electrons. The second kappa shape index (κ2) is 14.2. The van der Waals surface area contributed by atoms with Gasteiger partial charge in [-0.25, -0.2) is 0 Å². The van der Waals surface area contributed by atoms with Crippen LogP contribution in [0.25, 0.3) is 0 Å². The fourth-order valence-electron chi connectivity index (χ4n) is 3.95. The van der Waals surface area contributed by atoms with Crippen molar-refractivity contribution < 1.29 is 19.2 Å². The number of nitro benzene ring substituents is 1. The second-order valence-corrected chi connectivity index (χ2v) is 8.68. The predicted molar refractivity (Wildman–Crippen MR) is 157 cm³/mol. The summed E-state index contributed by atoms with van der Waals surface area (Å²) in [6.45, 7) is 6.04. The van der Waals surface area contributed by atoms with Crippen LogP contribution in [0.5, 0.6) is 0 Å². The van der Waals surface area contributed by atoms with Gasteiger partial charge in [0.15, 0.2) is 0 Å². The van der Waals surface area contributed by atoms with Crippen molar-refractivity contribution >= 4 is 40.3 Å². The van der Waals surface area contributed by atoms with Crippen molar-refractivity contribution in [1.29, 1.82) is 0 Å². The molecule has 0 saturated heterocycles. The molecule has 0 aliphatic carbocycles. The average Bonchev–Trinajstić information content (AvgIpc) is 3.27. The van der Waals surface area contributed by atoms with Crippen molar-refractivity contribution in [3.63, 3.8) is 0 Å². The smallest absolute Gasteiger partial charge is 0.311 e. The number of hydrogen-bond donors (Lipinski definition) is 2. The summed E-state index contributed by atoms with van der Waals surface area (Å²) in [6.07, 6.45) is 3.18. The van der Waals surface area contributed by atoms with Gasteiger partial charge in [-0.2, -0.15) is 10.1 Å². The molecule has 1 heterocycles. The summed E-state index contributed by atoms with van der Waals surface area (Å²) >= 11 is 0. The number of nitrogens with zero attached hydrogens (tertiary/aromatic N) is 3. The second-order valence-electron chi connectivity index (χ2n) is 8.68. The van der Waals surface area contributed by atoms with Gasteiger partial charge in [-0.05, 0) is 55.2 Å². The Bertz CT molecular complexity index is 1420. The van der Waals surface area contributed by atoms with Gasteiger partial charge in [0, 0.05) is 29.7 Å². The van der Waals surface area contributed by atoms with Gasteiger partial charge >= 0.3 is 5.97 Å². The lowest BCUT2D eigenvalue weighted by atomic mass is 10.1. The minimum Gasteiger partial charge on any atom is -0.466 e. The number of carbonyl (C=O) groups excluding carboxylic acids is 2. The van der Waals surface area contributed by atoms with E-state index in [-0.39, 0.29) is 30.0 Å². The molecule has 0 aromatic heterocycles. The van der Waals surface area contributed by atoms with Crippen molar-refractivity contribution in [3.05, 3.63) is 106 Å². The summed E-state index contributed by atoms with van der Waals surface area (Å²) in [4.78, 5) is 35.5. The lowest BCUT2D eigenvalue weighted by Crippen LogP contribution is -2.22. The fourth-order valence-corrected chi connectivity index (χ4v) is 3.95. The highest BCUT2D eigenvalue weighted by Crippen LogP contribution is 2.27. The van der Waals surface area contributed by atoms with Crippen LogP contribution in [-0.2, 0) is 27.2 Å². The maximum atomic E-state index is 13.1. The normalized spacial score (nSPS) is 13.4. The van der Waals surface area contributed by atoms with Gasteiger partial charge in [0.1, 0.15) is 0 Å². The van der Waals surface area contributed by atoms with Gasteiger partial charge in [0.25, 0.3) is 11.6 Å². The Morgan fingerprint density at radius 2 is 1.62 bits per heavy atom. The number of hydrogen-bond acceptors (Lipinski definition) is 8. The summed E-state index contributed by atoms with van der Waals surface area (Å²) in [5.41, 5.74) is 10.4. The first-order chi connectivity index (χ1) is 19.3. The molecule has 40 heavy (non-hydrogen) atoms. The summed E-state index contributed by atoms with van der Waals surface area (Å²) in [5, 5.41) is 19.4. The molecule has 208 valence electrons. The first kappa shape index (κ1) is 29.6. The van der Waals surface area contributed by atoms with E-state index in [1.54, 1.807) is 6.92 Å². The molecule has 4 rings (SSSR count). The molecule has 1 aliphatic heterocycles. The predicted octanol–water partition coefficient (Wildman–Crippen LogP) is 5.64. The van der Waals surface area contributed by atoms with Crippen LogP contribution < -0.4 is 16.1 Å². The number of amides is 1. The van der Waals surface area contributed by atoms with Crippen LogP contribution in [0.2, 0.25) is 0 Å². The monoisotopic (exact) mass is 543 g/mol. The Hall–Kier alpha value is -4.99. The first-order valence-electron chi connectivity index (χ1n) is 13.0. The van der Waals surface area contributed by atoms with Crippen LogP contribution in [0.1, 0.15) is 38.3 Å². The molecule has 0 saturated carbocycles. The summed E-state index contributed by atoms with van der Waals surface area (Å²) in [7, 11) is 0. The van der Waals surface area contributed by atoms with Crippen molar-refractivity contribution in [3.8, 4) is 0 Å². The molecular formula is C30H33N5O5. The summed E-state index contributed by atoms with van der Waals surface area (Å²) in [5.74, 6) is -0.950. The number of nitrogens with two attached hydrogens (primary N) is 1. The van der Waals surface area contributed by atoms with Crippen LogP contribution in [0, 0.1) is 10.1 Å². The summed E-state index contributed by atoms with van der Waals surface area (Å²) < 4.78 is 5.00. The van der Waals surface area contributed by atoms with Gasteiger partial charge in [0.2, 0.25) is 0 Å². The minimum atomic E-state index is -0.522. The Balaban J connectivity index is 0.000000415. The molecular weight excluding hydrogens is 510 g/mol. The number of para-hydroxylation sites is 2. The highest BCUT2D eigenvalue weighted by atomic mass is 16.6. The number of non-ortho nitro benzene ring substituents is 1. The van der Waals surface area contributed by atoms with E-state index in [4.69, 9.17) is 10.5 Å². The quantitative estimate of drug-likeness (QED) is 0.117. The van der Waals surface area contributed by atoms with E-state index in [1.807, 2.05) is 49.4 Å². The highest BCUT2D eigenvalue weighted by Gasteiger charge is 2.33. The molecule has 1 amide bonds. The minimum absolute atomic E-state index is 0.0975. The van der Waals surface area contributed by atoms with Gasteiger partial charge in [-0.15, -0.1) is 0 Å². The van der Waals surface area contributed by atoms with Crippen molar-refractivity contribution in [1.82, 2.24) is 0 Å². The van der Waals surface area contributed by atoms with E-state index in [0.29, 0.717) is 5.69 Å². The topological polar surface area (TPSA) is 140 Å². The zero-order chi connectivity index (χ0) is 29.1. The number of anilines is 3. The third-order valence-electron chi connectivity index (χ3n) is 6.08. The van der Waals surface area contributed by atoms with Crippen LogP contribution in [0.4, 0.5) is 22.7 Å². The third-order valence-corrected chi connectivity index (χ3v) is 6.08. The molecule has 0 spiro atoms. The molecule has 0 atom stereocenters. The standard InChI is InChI=1S/C22H22N4O5.C8H11N/c1-3-15-7-5-6-8-19(15)23-14-18-20(13-21(27)31-4-2)24-25(22(18)28)16-9-11-17(12-10-16)26(29)30;1-2-7-5-3-4-6-8(7)9/h5-12,14,23H,3-4,13H2,1-2H3;3-6H,2,9H2,1H3. The van der Waals surface area contributed by atoms with Gasteiger partial charge in [-0.1, -0.05) is 50.2 Å². The number of rotatable bonds is 9. The number of nitrogen functional groups attached to an aromatic ring is 1. The lowest BCUT2D eigenvalue weighted by Gasteiger charge is -2.11. The van der Waals surface area contributed by atoms with Crippen LogP contribution in [-0.4, -0.2) is 29.1 Å². The SMILES string of the molecule is CCOC(=O)CC1=NN(c2ccc([N+](=O)[O-])cc2)C(=O)C1=CNc1ccccc1CC.CCc1ccccc1N. The van der Waals surface area contributed by atoms with Crippen LogP contribution in [0.15, 0.2) is 89.7 Å². The van der Waals surface area contributed by atoms with Crippen LogP contribution >= 0.6 is 0 Å². The molecule has 0 unspecified atom stereocenters. The van der Waals surface area contributed by atoms with Gasteiger partial charge in [-0.3, -0.25) is 19.7 Å². The van der Waals surface area contributed by atoms with E-state index in [9.17, 15) is 19.7 Å². The number of ether oxygens (including phenoxy) is 1. The van der Waals surface area contributed by atoms with Gasteiger partial charge in [0.05, 0.1) is 34.9 Å². The molecule has 0 bridgehead atoms. The number of benzene rings is 3. The molecule has 1 aliphatic rings. The van der Waals surface area contributed by atoms with E-state index in [0.717, 1.165) is 34.8 Å². The molecule has 3 aromatic rings. The maximum absolute atomic E-state index is 13.1. The number of carbonyl (C=O) groups is 2. The maximum Gasteiger partial charge on any atom is 0.311 e. The van der Waals surface area contributed by atoms with E-state index in [1.165, 1.54) is 36.0 Å². The summed E-state index contributed by atoms with van der Waals surface area (Å²) in [6, 6.07) is 21.1. The molecule has 3 N–H and O–H groups in total. The number of nitro groups is 1. The Morgan fingerprint density at radius 3 is 2.20 bits per heavy atom. The zero-order valence-corrected chi connectivity index (χ0v) is 22.8. The Kier molecular flexibility index (Phi) is 10.5. The number of hydrazone groups is 1. The molecule has 10 nitrogen and oxygen atoms in total. The van der Waals surface area contributed by atoms with Crippen molar-refractivity contribution in [2.75, 3.05) is 22.7 Å². The first-order valence-corrected chi connectivity index (χ1v) is 13.0. The third kappa shape index (κ3) is 7.53. The van der Waals surface area contributed by atoms with Crippen molar-refractivity contribution in [2.45, 2.75) is 40.0 Å². The molecule has 0 fully saturated rings. The molecule has 3 aromatic carbocycles. The number of aryl methyl sites for hydroxylation is 2. The average molecular weight is 544 g/mol. The largest absolute Gasteiger partial charge is 0.466 e. The van der Waals surface area contributed by atoms with Crippen LogP contribution in [0.3, 0.4) is 0 Å². The van der Waals surface area contributed by atoms with Gasteiger partial charge < -0.3 is 15.8 Å². The fraction of sp³-hybridized carbons (Fsp3) is 0.233. The number of esters is 1. The van der Waals surface area contributed by atoms with Crippen molar-refractivity contribution in [2.24, 2.45) is 5.10 Å². The van der Waals surface area contributed by atoms with E-state index in [2.05, 4.69) is 23.4 Å². The van der Waals surface area contributed by atoms with E-state index < -0.39 is 16.8 Å². The lowest BCUT2D eigenvalue weighted by molar-refractivity contribution is -0.384. The Labute approximate surface area is 233 Å². The zero-order valence-electron chi connectivity index (χ0n) is 22.8. The Morgan fingerprint density at radius 1 is 1.00 bits per heavy atom. The number of nitrogens with one attached hydrogen (secondary N) is 1. The highest BCUT2D eigenvalue weighted by molar-refractivity contribution is 6.32. The van der Waals surface area contributed by atoms with E-state index >= 15 is 0 Å². The molecule has 10 heteroatoms.